The molecule has 10 heteroatoms. The highest BCUT2D eigenvalue weighted by Crippen LogP contribution is 2.33. The Morgan fingerprint density at radius 1 is 0.879 bits per heavy atom. The first-order valence-electron chi connectivity index (χ1n) is 11.0. The fraction of sp³-hybridized carbons (Fsp3) is 0.391. The summed E-state index contributed by atoms with van der Waals surface area (Å²) in [6, 6.07) is 10.9. The zero-order valence-corrected chi connectivity index (χ0v) is 18.8. The fourth-order valence-corrected chi connectivity index (χ4v) is 5.14. The van der Waals surface area contributed by atoms with Crippen LogP contribution >= 0.6 is 0 Å². The minimum atomic E-state index is -3.97. The van der Waals surface area contributed by atoms with Crippen LogP contribution in [0.5, 0.6) is 11.5 Å². The quantitative estimate of drug-likeness (QED) is 0.715. The van der Waals surface area contributed by atoms with E-state index in [4.69, 9.17) is 9.47 Å². The smallest absolute Gasteiger partial charge is 0.262 e. The van der Waals surface area contributed by atoms with Crippen molar-refractivity contribution < 1.29 is 27.5 Å². The van der Waals surface area contributed by atoms with Gasteiger partial charge in [-0.05, 0) is 37.1 Å². The number of anilines is 1. The molecule has 1 N–H and O–H groups in total. The Kier molecular flexibility index (Phi) is 5.61. The second-order valence-electron chi connectivity index (χ2n) is 8.35. The average molecular weight is 472 g/mol. The van der Waals surface area contributed by atoms with Gasteiger partial charge in [-0.3, -0.25) is 14.3 Å². The van der Waals surface area contributed by atoms with Gasteiger partial charge in [0.05, 0.1) is 16.1 Å². The van der Waals surface area contributed by atoms with E-state index < -0.39 is 10.0 Å². The number of benzene rings is 2. The Bertz CT molecular complexity index is 1190. The van der Waals surface area contributed by atoms with Crippen molar-refractivity contribution in [3.63, 3.8) is 0 Å². The van der Waals surface area contributed by atoms with Gasteiger partial charge in [-0.1, -0.05) is 12.1 Å². The highest BCUT2D eigenvalue weighted by Gasteiger charge is 2.35. The maximum atomic E-state index is 13.2. The number of hydrogen-bond acceptors (Lipinski definition) is 6. The van der Waals surface area contributed by atoms with Gasteiger partial charge in [0.15, 0.2) is 11.5 Å². The molecule has 0 radical (unpaired) electrons. The Labute approximate surface area is 192 Å². The minimum Gasteiger partial charge on any atom is -0.486 e. The summed E-state index contributed by atoms with van der Waals surface area (Å²) in [6.45, 7) is 2.58. The molecule has 2 aromatic carbocycles. The topological polar surface area (TPSA) is 105 Å². The number of piperazine rings is 1. The molecule has 1 aliphatic carbocycles. The zero-order valence-electron chi connectivity index (χ0n) is 18.0. The molecule has 1 saturated carbocycles. The van der Waals surface area contributed by atoms with Crippen molar-refractivity contribution in [2.75, 3.05) is 44.1 Å². The van der Waals surface area contributed by atoms with Gasteiger partial charge in [-0.2, -0.15) is 0 Å². The van der Waals surface area contributed by atoms with Gasteiger partial charge in [0.2, 0.25) is 5.91 Å². The molecule has 2 heterocycles. The molecule has 0 aromatic heterocycles. The second-order valence-corrected chi connectivity index (χ2v) is 10.0. The number of rotatable bonds is 5. The number of hydrogen-bond donors (Lipinski definition) is 1. The van der Waals surface area contributed by atoms with Crippen molar-refractivity contribution >= 4 is 27.5 Å². The zero-order chi connectivity index (χ0) is 23.0. The molecule has 0 unspecified atom stereocenters. The number of para-hydroxylation sites is 1. The lowest BCUT2D eigenvalue weighted by molar-refractivity contribution is -0.134. The van der Waals surface area contributed by atoms with Gasteiger partial charge in [-0.15, -0.1) is 0 Å². The SMILES string of the molecule is O=C(c1ccccc1NS(=O)(=O)c1ccc2c(c1)OCCO2)N1CCN(C(=O)C2CC2)CC1. The van der Waals surface area contributed by atoms with Gasteiger partial charge < -0.3 is 19.3 Å². The van der Waals surface area contributed by atoms with Crippen molar-refractivity contribution in [1.82, 2.24) is 9.80 Å². The van der Waals surface area contributed by atoms with E-state index in [1.54, 1.807) is 35.2 Å². The van der Waals surface area contributed by atoms with Gasteiger partial charge in [0, 0.05) is 38.2 Å². The molecule has 0 atom stereocenters. The number of amides is 2. The third-order valence-electron chi connectivity index (χ3n) is 6.03. The summed E-state index contributed by atoms with van der Waals surface area (Å²) in [5, 5.41) is 0. The van der Waals surface area contributed by atoms with Crippen LogP contribution < -0.4 is 14.2 Å². The van der Waals surface area contributed by atoms with Gasteiger partial charge in [0.1, 0.15) is 13.2 Å². The first-order chi connectivity index (χ1) is 15.9. The molecule has 2 amide bonds. The monoisotopic (exact) mass is 471 g/mol. The summed E-state index contributed by atoms with van der Waals surface area (Å²) in [6.07, 6.45) is 1.91. The molecule has 9 nitrogen and oxygen atoms in total. The van der Waals surface area contributed by atoms with Crippen LogP contribution in [0.2, 0.25) is 0 Å². The predicted molar refractivity (Wildman–Crippen MR) is 120 cm³/mol. The Morgan fingerprint density at radius 3 is 2.27 bits per heavy atom. The van der Waals surface area contributed by atoms with Crippen LogP contribution in [0.15, 0.2) is 47.4 Å². The number of sulfonamides is 1. The second kappa shape index (κ2) is 8.58. The standard InChI is InChI=1S/C23H25N3O6S/c27-22(16-5-6-16)25-9-11-26(12-10-25)23(28)18-3-1-2-4-19(18)24-33(29,30)17-7-8-20-21(15-17)32-14-13-31-20/h1-4,7-8,15-16,24H,5-6,9-14H2. The first kappa shape index (κ1) is 21.6. The number of nitrogens with zero attached hydrogens (tertiary/aromatic N) is 2. The lowest BCUT2D eigenvalue weighted by atomic mass is 10.1. The van der Waals surface area contributed by atoms with Crippen LogP contribution in [0.3, 0.4) is 0 Å². The molecule has 2 aromatic rings. The largest absolute Gasteiger partial charge is 0.486 e. The van der Waals surface area contributed by atoms with Gasteiger partial charge in [-0.25, -0.2) is 8.42 Å². The van der Waals surface area contributed by atoms with Crippen LogP contribution in [0.1, 0.15) is 23.2 Å². The Morgan fingerprint density at radius 2 is 1.55 bits per heavy atom. The maximum Gasteiger partial charge on any atom is 0.262 e. The molecule has 174 valence electrons. The average Bonchev–Trinajstić information content (AvgIpc) is 3.69. The van der Waals surface area contributed by atoms with E-state index in [-0.39, 0.29) is 33.9 Å². The summed E-state index contributed by atoms with van der Waals surface area (Å²) in [5.74, 6) is 0.925. The van der Waals surface area contributed by atoms with Crippen molar-refractivity contribution in [2.24, 2.45) is 5.92 Å². The van der Waals surface area contributed by atoms with Crippen LogP contribution in [0.25, 0.3) is 0 Å². The van der Waals surface area contributed by atoms with E-state index in [0.717, 1.165) is 12.8 Å². The van der Waals surface area contributed by atoms with E-state index in [9.17, 15) is 18.0 Å². The summed E-state index contributed by atoms with van der Waals surface area (Å²) < 4.78 is 39.6. The minimum absolute atomic E-state index is 0.0150. The number of carbonyl (C=O) groups is 2. The van der Waals surface area contributed by atoms with E-state index >= 15 is 0 Å². The molecule has 5 rings (SSSR count). The van der Waals surface area contributed by atoms with Crippen molar-refractivity contribution in [3.8, 4) is 11.5 Å². The van der Waals surface area contributed by atoms with Crippen molar-refractivity contribution in [3.05, 3.63) is 48.0 Å². The highest BCUT2D eigenvalue weighted by atomic mass is 32.2. The maximum absolute atomic E-state index is 13.2. The third-order valence-corrected chi connectivity index (χ3v) is 7.39. The van der Waals surface area contributed by atoms with Gasteiger partial charge >= 0.3 is 0 Å². The Balaban J connectivity index is 1.31. The summed E-state index contributed by atoms with van der Waals surface area (Å²) in [4.78, 5) is 29.0. The third kappa shape index (κ3) is 4.47. The number of carbonyl (C=O) groups excluding carboxylic acids is 2. The van der Waals surface area contributed by atoms with Crippen molar-refractivity contribution in [2.45, 2.75) is 17.7 Å². The summed E-state index contributed by atoms with van der Waals surface area (Å²) in [7, 11) is -3.97. The first-order valence-corrected chi connectivity index (χ1v) is 12.5. The van der Waals surface area contributed by atoms with E-state index in [2.05, 4.69) is 4.72 Å². The number of fused-ring (bicyclic) bond motifs is 1. The summed E-state index contributed by atoms with van der Waals surface area (Å²) >= 11 is 0. The lowest BCUT2D eigenvalue weighted by Gasteiger charge is -2.35. The molecule has 33 heavy (non-hydrogen) atoms. The fourth-order valence-electron chi connectivity index (χ4n) is 4.04. The molecule has 1 saturated heterocycles. The molecule has 2 fully saturated rings. The van der Waals surface area contributed by atoms with Crippen LogP contribution in [-0.2, 0) is 14.8 Å². The Hall–Kier alpha value is -3.27. The number of ether oxygens (including phenoxy) is 2. The molecular weight excluding hydrogens is 446 g/mol. The van der Waals surface area contributed by atoms with E-state index in [1.165, 1.54) is 12.1 Å². The van der Waals surface area contributed by atoms with Crippen molar-refractivity contribution in [1.29, 1.82) is 0 Å². The normalized spacial score (nSPS) is 18.1. The van der Waals surface area contributed by atoms with Crippen LogP contribution in [-0.4, -0.2) is 69.4 Å². The molecular formula is C23H25N3O6S. The number of nitrogens with one attached hydrogen (secondary N) is 1. The van der Waals surface area contributed by atoms with E-state index in [1.807, 2.05) is 4.90 Å². The highest BCUT2D eigenvalue weighted by molar-refractivity contribution is 7.92. The molecule has 0 spiro atoms. The molecule has 0 bridgehead atoms. The predicted octanol–water partition coefficient (Wildman–Crippen LogP) is 1.95. The van der Waals surface area contributed by atoms with Crippen LogP contribution in [0.4, 0.5) is 5.69 Å². The summed E-state index contributed by atoms with van der Waals surface area (Å²) in [5.41, 5.74) is 0.467. The lowest BCUT2D eigenvalue weighted by Crippen LogP contribution is -2.51. The molecule has 2 aliphatic heterocycles. The molecule has 3 aliphatic rings. The van der Waals surface area contributed by atoms with Gasteiger partial charge in [0.25, 0.3) is 15.9 Å². The van der Waals surface area contributed by atoms with Crippen LogP contribution in [0, 0.1) is 5.92 Å². The van der Waals surface area contributed by atoms with E-state index in [0.29, 0.717) is 50.9 Å².